The van der Waals surface area contributed by atoms with Crippen LogP contribution in [-0.2, 0) is 24.1 Å². The van der Waals surface area contributed by atoms with Gasteiger partial charge in [-0.1, -0.05) is 12.1 Å². The third-order valence-corrected chi connectivity index (χ3v) is 6.12. The van der Waals surface area contributed by atoms with E-state index < -0.39 is 12.1 Å². The largest absolute Gasteiger partial charge is 0.391 e. The fraction of sp³-hybridized carbons (Fsp3) is 0.375. The summed E-state index contributed by atoms with van der Waals surface area (Å²) in [5.74, 6) is -0.275. The normalized spacial score (nSPS) is 19.9. The number of fused-ring (bicyclic) bond motifs is 1. The number of hydrogen-bond acceptors (Lipinski definition) is 6. The van der Waals surface area contributed by atoms with Gasteiger partial charge in [-0.2, -0.15) is 5.10 Å². The lowest BCUT2D eigenvalue weighted by Gasteiger charge is -2.28. The second kappa shape index (κ2) is 10.4. The molecule has 2 aromatic heterocycles. The molecule has 1 fully saturated rings. The molecular weight excluding hydrogens is 442 g/mol. The molecule has 33 heavy (non-hydrogen) atoms. The van der Waals surface area contributed by atoms with Gasteiger partial charge in [-0.25, -0.2) is 9.67 Å². The average Bonchev–Trinajstić information content (AvgIpc) is 3.36. The molecule has 3 N–H and O–H groups in total. The summed E-state index contributed by atoms with van der Waals surface area (Å²) in [6.07, 6.45) is 5.21. The number of nitrogens with one attached hydrogen (secondary N) is 2. The molecule has 0 radical (unpaired) electrons. The molecule has 0 saturated carbocycles. The van der Waals surface area contributed by atoms with Crippen molar-refractivity contribution in [3.05, 3.63) is 76.9 Å². The predicted molar refractivity (Wildman–Crippen MR) is 126 cm³/mol. The van der Waals surface area contributed by atoms with Crippen LogP contribution in [0.3, 0.4) is 0 Å². The molecule has 4 heterocycles. The summed E-state index contributed by atoms with van der Waals surface area (Å²) in [7, 11) is 0. The molecule has 2 aliphatic heterocycles. The zero-order chi connectivity index (χ0) is 21.9. The molecule has 1 aromatic carbocycles. The van der Waals surface area contributed by atoms with E-state index in [1.54, 1.807) is 6.20 Å². The zero-order valence-corrected chi connectivity index (χ0v) is 19.1. The van der Waals surface area contributed by atoms with Gasteiger partial charge in [0, 0.05) is 25.5 Å². The highest BCUT2D eigenvalue weighted by atomic mass is 35.5. The molecule has 2 atom stereocenters. The van der Waals surface area contributed by atoms with Crippen LogP contribution in [0.5, 0.6) is 0 Å². The van der Waals surface area contributed by atoms with Gasteiger partial charge >= 0.3 is 0 Å². The van der Waals surface area contributed by atoms with Crippen molar-refractivity contribution < 1.29 is 14.6 Å². The van der Waals surface area contributed by atoms with Crippen molar-refractivity contribution in [3.63, 3.8) is 0 Å². The number of aliphatic hydroxyl groups is 1. The molecule has 2 unspecified atom stereocenters. The quantitative estimate of drug-likeness (QED) is 0.527. The lowest BCUT2D eigenvalue weighted by Crippen LogP contribution is -2.49. The van der Waals surface area contributed by atoms with E-state index in [4.69, 9.17) is 4.74 Å². The molecule has 174 valence electrons. The topological polar surface area (TPSA) is 101 Å². The van der Waals surface area contributed by atoms with Crippen molar-refractivity contribution in [1.29, 1.82) is 0 Å². The number of nitrogens with zero attached hydrogens (tertiary/aromatic N) is 3. The van der Waals surface area contributed by atoms with Crippen LogP contribution >= 0.6 is 12.4 Å². The minimum Gasteiger partial charge on any atom is -0.391 e. The van der Waals surface area contributed by atoms with Crippen LogP contribution in [0.4, 0.5) is 0 Å². The van der Waals surface area contributed by atoms with Crippen LogP contribution in [-0.4, -0.2) is 57.7 Å². The molecule has 1 saturated heterocycles. The van der Waals surface area contributed by atoms with Crippen molar-refractivity contribution in [1.82, 2.24) is 25.4 Å². The van der Waals surface area contributed by atoms with Gasteiger partial charge in [0.1, 0.15) is 5.69 Å². The summed E-state index contributed by atoms with van der Waals surface area (Å²) in [6.45, 7) is 2.38. The Balaban J connectivity index is 0.00000259. The molecular formula is C24H28ClN5O3. The Bertz CT molecular complexity index is 1090. The average molecular weight is 470 g/mol. The SMILES string of the molecule is Cl.O=C(NC1COCCC1O)c1cc(Cc2ccc(-n3cccn3)cc2)c2c(n1)CNCC2. The minimum absolute atomic E-state index is 0. The second-order valence-corrected chi connectivity index (χ2v) is 8.32. The molecule has 8 nitrogen and oxygen atoms in total. The number of amides is 1. The molecule has 1 amide bonds. The molecule has 0 spiro atoms. The van der Waals surface area contributed by atoms with Crippen LogP contribution in [0.25, 0.3) is 5.69 Å². The first-order valence-corrected chi connectivity index (χ1v) is 11.1. The van der Waals surface area contributed by atoms with Gasteiger partial charge in [-0.05, 0) is 66.8 Å². The van der Waals surface area contributed by atoms with Gasteiger partial charge < -0.3 is 20.5 Å². The van der Waals surface area contributed by atoms with Crippen LogP contribution in [0, 0.1) is 0 Å². The van der Waals surface area contributed by atoms with E-state index in [2.05, 4.69) is 45.0 Å². The Kier molecular flexibility index (Phi) is 7.39. The number of carbonyl (C=O) groups is 1. The molecule has 0 bridgehead atoms. The Morgan fingerprint density at radius 1 is 1.30 bits per heavy atom. The Morgan fingerprint density at radius 3 is 2.91 bits per heavy atom. The lowest BCUT2D eigenvalue weighted by molar-refractivity contribution is -0.0140. The van der Waals surface area contributed by atoms with E-state index in [1.807, 2.05) is 23.0 Å². The maximum atomic E-state index is 13.0. The summed E-state index contributed by atoms with van der Waals surface area (Å²) in [5, 5.41) is 20.7. The fourth-order valence-corrected chi connectivity index (χ4v) is 4.34. The van der Waals surface area contributed by atoms with Crippen molar-refractivity contribution in [2.75, 3.05) is 19.8 Å². The minimum atomic E-state index is -0.597. The van der Waals surface area contributed by atoms with E-state index >= 15 is 0 Å². The van der Waals surface area contributed by atoms with E-state index in [-0.39, 0.29) is 18.3 Å². The Labute approximate surface area is 198 Å². The number of benzene rings is 1. The number of ether oxygens (including phenoxy) is 1. The molecule has 0 aliphatic carbocycles. The lowest BCUT2D eigenvalue weighted by atomic mass is 9.94. The number of carbonyl (C=O) groups excluding carboxylic acids is 1. The number of pyridine rings is 1. The molecule has 2 aliphatic rings. The highest BCUT2D eigenvalue weighted by molar-refractivity contribution is 5.93. The summed E-state index contributed by atoms with van der Waals surface area (Å²) >= 11 is 0. The van der Waals surface area contributed by atoms with E-state index in [1.165, 1.54) is 5.56 Å². The first-order valence-electron chi connectivity index (χ1n) is 11.1. The maximum absolute atomic E-state index is 13.0. The van der Waals surface area contributed by atoms with Crippen LogP contribution in [0.2, 0.25) is 0 Å². The van der Waals surface area contributed by atoms with Gasteiger partial charge in [-0.15, -0.1) is 12.4 Å². The number of hydrogen-bond donors (Lipinski definition) is 3. The molecule has 3 aromatic rings. The van der Waals surface area contributed by atoms with Crippen LogP contribution < -0.4 is 10.6 Å². The Morgan fingerprint density at radius 2 is 2.15 bits per heavy atom. The van der Waals surface area contributed by atoms with Crippen LogP contribution in [0.1, 0.15) is 39.3 Å². The number of aliphatic hydroxyl groups excluding tert-OH is 1. The van der Waals surface area contributed by atoms with Crippen molar-refractivity contribution in [2.45, 2.75) is 38.0 Å². The van der Waals surface area contributed by atoms with E-state index in [9.17, 15) is 9.90 Å². The van der Waals surface area contributed by atoms with Gasteiger partial charge in [0.05, 0.1) is 30.1 Å². The fourth-order valence-electron chi connectivity index (χ4n) is 4.34. The summed E-state index contributed by atoms with van der Waals surface area (Å²) in [6, 6.07) is 11.7. The number of rotatable bonds is 5. The highest BCUT2D eigenvalue weighted by Crippen LogP contribution is 2.23. The third kappa shape index (κ3) is 5.25. The first kappa shape index (κ1) is 23.4. The second-order valence-electron chi connectivity index (χ2n) is 8.32. The summed E-state index contributed by atoms with van der Waals surface area (Å²) in [4.78, 5) is 17.6. The van der Waals surface area contributed by atoms with Gasteiger partial charge in [-0.3, -0.25) is 4.79 Å². The molecule has 9 heteroatoms. The maximum Gasteiger partial charge on any atom is 0.270 e. The number of aromatic nitrogens is 3. The van der Waals surface area contributed by atoms with Gasteiger partial charge in [0.25, 0.3) is 5.91 Å². The predicted octanol–water partition coefficient (Wildman–Crippen LogP) is 1.81. The Hall–Kier alpha value is -2.78. The van der Waals surface area contributed by atoms with E-state index in [0.29, 0.717) is 31.9 Å². The van der Waals surface area contributed by atoms with Gasteiger partial charge in [0.15, 0.2) is 0 Å². The van der Waals surface area contributed by atoms with E-state index in [0.717, 1.165) is 41.9 Å². The van der Waals surface area contributed by atoms with Crippen molar-refractivity contribution in [3.8, 4) is 5.69 Å². The standard InChI is InChI=1S/C24H27N5O3.ClH/c30-23-7-11-32-15-22(23)28-24(31)20-13-17(19-6-9-25-14-21(19)27-20)12-16-2-4-18(5-3-16)29-10-1-8-26-29;/h1-5,8,10,13,22-23,25,30H,6-7,9,11-12,14-15H2,(H,28,31);1H. The van der Waals surface area contributed by atoms with Crippen LogP contribution in [0.15, 0.2) is 48.8 Å². The monoisotopic (exact) mass is 469 g/mol. The van der Waals surface area contributed by atoms with Crippen molar-refractivity contribution >= 4 is 18.3 Å². The summed E-state index contributed by atoms with van der Waals surface area (Å²) < 4.78 is 7.24. The van der Waals surface area contributed by atoms with Crippen molar-refractivity contribution in [2.24, 2.45) is 0 Å². The van der Waals surface area contributed by atoms with Gasteiger partial charge in [0.2, 0.25) is 0 Å². The third-order valence-electron chi connectivity index (χ3n) is 6.12. The summed E-state index contributed by atoms with van der Waals surface area (Å²) in [5.41, 5.74) is 5.82. The smallest absolute Gasteiger partial charge is 0.270 e. The highest BCUT2D eigenvalue weighted by Gasteiger charge is 2.27. The molecule has 5 rings (SSSR count). The first-order chi connectivity index (χ1) is 15.7. The number of halogens is 1. The zero-order valence-electron chi connectivity index (χ0n) is 18.2.